The smallest absolute Gasteiger partial charge is 0.160 e. The molecule has 2 heterocycles. The van der Waals surface area contributed by atoms with Gasteiger partial charge in [0.25, 0.3) is 0 Å². The van der Waals surface area contributed by atoms with E-state index in [1.165, 1.54) is 0 Å². The monoisotopic (exact) mass is 354 g/mol. The van der Waals surface area contributed by atoms with Gasteiger partial charge in [0.15, 0.2) is 11.6 Å². The fourth-order valence-corrected chi connectivity index (χ4v) is 3.00. The Morgan fingerprint density at radius 1 is 1.19 bits per heavy atom. The summed E-state index contributed by atoms with van der Waals surface area (Å²) in [5.74, 6) is 2.30. The van der Waals surface area contributed by atoms with Crippen molar-refractivity contribution < 1.29 is 9.84 Å². The van der Waals surface area contributed by atoms with E-state index < -0.39 is 5.60 Å². The number of ether oxygens (including phenoxy) is 1. The van der Waals surface area contributed by atoms with E-state index >= 15 is 0 Å². The first kappa shape index (κ1) is 18.2. The van der Waals surface area contributed by atoms with E-state index in [4.69, 9.17) is 9.72 Å². The molecule has 26 heavy (non-hydrogen) atoms. The molecule has 1 aromatic carbocycles. The maximum absolute atomic E-state index is 10.3. The lowest BCUT2D eigenvalue weighted by molar-refractivity contribution is 0.0581. The summed E-state index contributed by atoms with van der Waals surface area (Å²) in [5.41, 5.74) is 2.29. The Labute approximate surface area is 154 Å². The Balaban J connectivity index is 2.02. The molecule has 3 aromatic rings. The second kappa shape index (κ2) is 6.96. The molecule has 0 aliphatic rings. The lowest BCUT2D eigenvalue weighted by Gasteiger charge is -2.18. The lowest BCUT2D eigenvalue weighted by Crippen LogP contribution is -2.27. The minimum Gasteiger partial charge on any atom is -0.496 e. The zero-order valence-electron chi connectivity index (χ0n) is 16.0. The largest absolute Gasteiger partial charge is 0.496 e. The summed E-state index contributed by atoms with van der Waals surface area (Å²) in [6.07, 6.45) is 2.58. The predicted molar refractivity (Wildman–Crippen MR) is 101 cm³/mol. The number of aliphatic hydroxyl groups is 1. The molecule has 0 aliphatic carbocycles. The molecule has 0 radical (unpaired) electrons. The molecule has 0 saturated heterocycles. The number of aromatic nitrogens is 4. The molecular weight excluding hydrogens is 328 g/mol. The zero-order valence-corrected chi connectivity index (χ0v) is 16.0. The second-order valence-electron chi connectivity index (χ2n) is 7.24. The molecule has 0 amide bonds. The fraction of sp³-hybridized carbons (Fsp3) is 0.400. The summed E-state index contributed by atoms with van der Waals surface area (Å²) < 4.78 is 9.29. The van der Waals surface area contributed by atoms with Crippen molar-refractivity contribution in [2.24, 2.45) is 7.05 Å². The van der Waals surface area contributed by atoms with E-state index in [9.17, 15) is 5.11 Å². The van der Waals surface area contributed by atoms with Gasteiger partial charge in [0.05, 0.1) is 19.3 Å². The normalized spacial score (nSPS) is 11.8. The van der Waals surface area contributed by atoms with Crippen molar-refractivity contribution in [1.82, 2.24) is 19.3 Å². The molecule has 138 valence electrons. The molecular formula is C20H26N4O2. The third-order valence-electron chi connectivity index (χ3n) is 4.42. The van der Waals surface area contributed by atoms with Gasteiger partial charge in [-0.25, -0.2) is 9.67 Å². The van der Waals surface area contributed by atoms with Crippen molar-refractivity contribution in [3.8, 4) is 17.1 Å². The average molecular weight is 354 g/mol. The highest BCUT2D eigenvalue weighted by Gasteiger charge is 2.21. The third-order valence-corrected chi connectivity index (χ3v) is 4.42. The molecule has 0 bridgehead atoms. The van der Waals surface area contributed by atoms with Gasteiger partial charge in [-0.2, -0.15) is 5.10 Å². The quantitative estimate of drug-likeness (QED) is 0.739. The van der Waals surface area contributed by atoms with E-state index in [0.717, 1.165) is 28.4 Å². The lowest BCUT2D eigenvalue weighted by atomic mass is 10.1. The summed E-state index contributed by atoms with van der Waals surface area (Å²) in [5, 5.41) is 15.0. The van der Waals surface area contributed by atoms with Crippen LogP contribution < -0.4 is 4.74 Å². The number of para-hydroxylation sites is 1. The van der Waals surface area contributed by atoms with Crippen LogP contribution in [0.4, 0.5) is 0 Å². The van der Waals surface area contributed by atoms with Crippen molar-refractivity contribution >= 4 is 0 Å². The fourth-order valence-electron chi connectivity index (χ4n) is 3.00. The molecule has 0 spiro atoms. The van der Waals surface area contributed by atoms with E-state index in [-0.39, 0.29) is 0 Å². The molecule has 0 aliphatic heterocycles. The van der Waals surface area contributed by atoms with Gasteiger partial charge in [-0.1, -0.05) is 18.2 Å². The van der Waals surface area contributed by atoms with Crippen LogP contribution in [0.1, 0.15) is 30.9 Å². The van der Waals surface area contributed by atoms with Crippen LogP contribution in [-0.4, -0.2) is 37.1 Å². The minimum atomic E-state index is -0.882. The highest BCUT2D eigenvalue weighted by Crippen LogP contribution is 2.26. The van der Waals surface area contributed by atoms with Crippen molar-refractivity contribution in [3.63, 3.8) is 0 Å². The molecule has 3 rings (SSSR count). The van der Waals surface area contributed by atoms with Crippen molar-refractivity contribution in [1.29, 1.82) is 0 Å². The van der Waals surface area contributed by atoms with Crippen molar-refractivity contribution in [2.45, 2.75) is 39.3 Å². The van der Waals surface area contributed by atoms with E-state index in [2.05, 4.69) is 16.6 Å². The van der Waals surface area contributed by atoms with Crippen LogP contribution in [-0.2, 0) is 20.0 Å². The Morgan fingerprint density at radius 3 is 2.54 bits per heavy atom. The summed E-state index contributed by atoms with van der Waals surface area (Å²) in [6.45, 7) is 5.97. The number of hydrogen-bond donors (Lipinski definition) is 1. The number of benzene rings is 1. The topological polar surface area (TPSA) is 65.1 Å². The van der Waals surface area contributed by atoms with Crippen molar-refractivity contribution in [2.75, 3.05) is 7.11 Å². The standard InChI is InChI=1S/C20H26N4O2/c1-14-16(10-11-23(14)4)19-21-18(22-24(19)13-20(2,3)25)12-15-8-6-7-9-17(15)26-5/h6-11,25H,12-13H2,1-5H3. The van der Waals surface area contributed by atoms with Crippen molar-refractivity contribution in [3.05, 3.63) is 53.6 Å². The van der Waals surface area contributed by atoms with E-state index in [1.54, 1.807) is 25.6 Å². The van der Waals surface area contributed by atoms with Crippen LogP contribution in [0.2, 0.25) is 0 Å². The summed E-state index contributed by atoms with van der Waals surface area (Å²) >= 11 is 0. The summed E-state index contributed by atoms with van der Waals surface area (Å²) in [4.78, 5) is 4.78. The van der Waals surface area contributed by atoms with Gasteiger partial charge in [-0.15, -0.1) is 0 Å². The van der Waals surface area contributed by atoms with Gasteiger partial charge in [0, 0.05) is 36.5 Å². The summed E-state index contributed by atoms with van der Waals surface area (Å²) in [6, 6.07) is 9.91. The highest BCUT2D eigenvalue weighted by molar-refractivity contribution is 5.59. The first-order valence-electron chi connectivity index (χ1n) is 8.69. The number of rotatable bonds is 6. The number of nitrogens with zero attached hydrogens (tertiary/aromatic N) is 4. The Morgan fingerprint density at radius 2 is 1.92 bits per heavy atom. The van der Waals surface area contributed by atoms with Crippen LogP contribution in [0.25, 0.3) is 11.4 Å². The van der Waals surface area contributed by atoms with Gasteiger partial charge in [-0.3, -0.25) is 0 Å². The Hall–Kier alpha value is -2.60. The molecule has 0 fully saturated rings. The Bertz CT molecular complexity index is 903. The SMILES string of the molecule is COc1ccccc1Cc1nc(-c2ccn(C)c2C)n(CC(C)(C)O)n1. The van der Waals surface area contributed by atoms with Crippen LogP contribution >= 0.6 is 0 Å². The Kier molecular flexibility index (Phi) is 4.87. The minimum absolute atomic E-state index is 0.371. The molecule has 0 unspecified atom stereocenters. The number of hydrogen-bond acceptors (Lipinski definition) is 4. The van der Waals surface area contributed by atoms with Gasteiger partial charge in [0.1, 0.15) is 5.75 Å². The highest BCUT2D eigenvalue weighted by atomic mass is 16.5. The molecule has 2 aromatic heterocycles. The maximum Gasteiger partial charge on any atom is 0.160 e. The van der Waals surface area contributed by atoms with Crippen LogP contribution in [0.5, 0.6) is 5.75 Å². The van der Waals surface area contributed by atoms with E-state index in [0.29, 0.717) is 18.8 Å². The molecule has 1 N–H and O–H groups in total. The molecule has 6 heteroatoms. The maximum atomic E-state index is 10.3. The van der Waals surface area contributed by atoms with Crippen LogP contribution in [0, 0.1) is 6.92 Å². The summed E-state index contributed by atoms with van der Waals surface area (Å²) in [7, 11) is 3.67. The van der Waals surface area contributed by atoms with Gasteiger partial charge in [0.2, 0.25) is 0 Å². The third kappa shape index (κ3) is 3.80. The zero-order chi connectivity index (χ0) is 18.9. The predicted octanol–water partition coefficient (Wildman–Crippen LogP) is 2.96. The van der Waals surface area contributed by atoms with Crippen LogP contribution in [0.15, 0.2) is 36.5 Å². The second-order valence-corrected chi connectivity index (χ2v) is 7.24. The average Bonchev–Trinajstić information content (AvgIpc) is 3.10. The van der Waals surface area contributed by atoms with Gasteiger partial charge >= 0.3 is 0 Å². The first-order chi connectivity index (χ1) is 12.3. The first-order valence-corrected chi connectivity index (χ1v) is 8.69. The molecule has 0 saturated carbocycles. The molecule has 0 atom stereocenters. The van der Waals surface area contributed by atoms with E-state index in [1.807, 2.05) is 43.6 Å². The number of aryl methyl sites for hydroxylation is 1. The van der Waals surface area contributed by atoms with Crippen LogP contribution in [0.3, 0.4) is 0 Å². The number of methoxy groups -OCH3 is 1. The van der Waals surface area contributed by atoms with Gasteiger partial charge < -0.3 is 14.4 Å². The molecule has 6 nitrogen and oxygen atoms in total. The van der Waals surface area contributed by atoms with Gasteiger partial charge in [-0.05, 0) is 32.9 Å².